The van der Waals surface area contributed by atoms with Crippen LogP contribution in [0.15, 0.2) is 60.7 Å². The van der Waals surface area contributed by atoms with Crippen LogP contribution in [-0.2, 0) is 41.4 Å². The van der Waals surface area contributed by atoms with Crippen LogP contribution in [0.2, 0.25) is 0 Å². The number of unbranched alkanes of at least 4 members (excludes halogenated alkanes) is 2. The Morgan fingerprint density at radius 2 is 1.42 bits per heavy atom. The van der Waals surface area contributed by atoms with Crippen LogP contribution in [0.3, 0.4) is 0 Å². The summed E-state index contributed by atoms with van der Waals surface area (Å²) in [7, 11) is -5.35. The van der Waals surface area contributed by atoms with Crippen LogP contribution in [0.5, 0.6) is 0 Å². The van der Waals surface area contributed by atoms with Crippen molar-refractivity contribution in [3.63, 3.8) is 0 Å². The Bertz CT molecular complexity index is 998. The van der Waals surface area contributed by atoms with Crippen LogP contribution in [0.4, 0.5) is 0 Å². The number of rotatable bonds is 16. The Morgan fingerprint density at radius 3 is 1.89 bits per heavy atom. The van der Waals surface area contributed by atoms with Crippen molar-refractivity contribution in [3.05, 3.63) is 71.8 Å². The molecule has 0 radical (unpaired) electrons. The summed E-state index contributed by atoms with van der Waals surface area (Å²) in [5.41, 5.74) is 1.70. The Hall–Kier alpha value is -2.37. The van der Waals surface area contributed by atoms with Gasteiger partial charge in [-0.05, 0) is 35.0 Å². The molecule has 0 saturated carbocycles. The molecular formula is C28H41O8P2+. The van der Waals surface area contributed by atoms with Crippen LogP contribution in [0.25, 0.3) is 0 Å². The first-order valence-corrected chi connectivity index (χ1v) is 16.4. The van der Waals surface area contributed by atoms with E-state index in [1.165, 1.54) is 0 Å². The van der Waals surface area contributed by atoms with Crippen molar-refractivity contribution < 1.29 is 38.0 Å². The molecule has 38 heavy (non-hydrogen) atoms. The van der Waals surface area contributed by atoms with Gasteiger partial charge in [0.2, 0.25) is 7.37 Å². The van der Waals surface area contributed by atoms with Crippen molar-refractivity contribution in [1.29, 1.82) is 0 Å². The quantitative estimate of drug-likeness (QED) is 0.175. The number of hydrogen-bond acceptors (Lipinski definition) is 6. The topological polar surface area (TPSA) is 127 Å². The molecule has 2 N–H and O–H groups in total. The van der Waals surface area contributed by atoms with Crippen molar-refractivity contribution in [2.24, 2.45) is 5.92 Å². The van der Waals surface area contributed by atoms with Gasteiger partial charge in [0.15, 0.2) is 6.16 Å². The largest absolute Gasteiger partial charge is 0.505 e. The Balaban J connectivity index is 0.000000905. The van der Waals surface area contributed by atoms with Gasteiger partial charge in [-0.3, -0.25) is 14.2 Å². The zero-order valence-corrected chi connectivity index (χ0v) is 24.2. The molecule has 0 aliphatic rings. The molecule has 2 aromatic rings. The third kappa shape index (κ3) is 16.5. The van der Waals surface area contributed by atoms with E-state index in [2.05, 4.69) is 0 Å². The van der Waals surface area contributed by atoms with Gasteiger partial charge in [-0.25, -0.2) is 0 Å². The summed E-state index contributed by atoms with van der Waals surface area (Å²) < 4.78 is 33.1. The predicted molar refractivity (Wildman–Crippen MR) is 149 cm³/mol. The van der Waals surface area contributed by atoms with E-state index < -0.39 is 33.3 Å². The second kappa shape index (κ2) is 19.7. The first kappa shape index (κ1) is 33.7. The van der Waals surface area contributed by atoms with Crippen LogP contribution >= 0.6 is 15.4 Å². The molecule has 8 nitrogen and oxygen atoms in total. The second-order valence-corrected chi connectivity index (χ2v) is 12.7. The van der Waals surface area contributed by atoms with E-state index in [-0.39, 0.29) is 38.4 Å². The third-order valence-electron chi connectivity index (χ3n) is 5.57. The van der Waals surface area contributed by atoms with Crippen molar-refractivity contribution in [2.75, 3.05) is 18.5 Å². The molecule has 3 atom stereocenters. The number of hydrogen-bond donors (Lipinski definition) is 2. The minimum Gasteiger partial charge on any atom is -0.461 e. The van der Waals surface area contributed by atoms with Gasteiger partial charge in [-0.15, -0.1) is 0 Å². The zero-order chi connectivity index (χ0) is 28.2. The Labute approximate surface area is 227 Å². The normalized spacial score (nSPS) is 13.3. The van der Waals surface area contributed by atoms with E-state index in [9.17, 15) is 23.6 Å². The molecule has 2 aromatic carbocycles. The van der Waals surface area contributed by atoms with Gasteiger partial charge in [-0.2, -0.15) is 4.89 Å². The van der Waals surface area contributed by atoms with Crippen LogP contribution in [0.1, 0.15) is 63.5 Å². The van der Waals surface area contributed by atoms with E-state index in [1.807, 2.05) is 74.5 Å². The lowest BCUT2D eigenvalue weighted by Gasteiger charge is -2.19. The van der Waals surface area contributed by atoms with Gasteiger partial charge >= 0.3 is 20.0 Å². The molecule has 210 valence electrons. The lowest BCUT2D eigenvalue weighted by Crippen LogP contribution is -2.23. The molecule has 0 aliphatic carbocycles. The maximum atomic E-state index is 12.7. The molecule has 0 fully saturated rings. The number of benzene rings is 2. The summed E-state index contributed by atoms with van der Waals surface area (Å²) in [5.74, 6) is -1.85. The van der Waals surface area contributed by atoms with Crippen LogP contribution < -0.4 is 0 Å². The molecule has 2 rings (SSSR count). The first-order chi connectivity index (χ1) is 18.2. The van der Waals surface area contributed by atoms with E-state index in [4.69, 9.17) is 14.4 Å². The number of carbonyl (C=O) groups is 2. The maximum Gasteiger partial charge on any atom is 0.505 e. The fourth-order valence-electron chi connectivity index (χ4n) is 3.37. The van der Waals surface area contributed by atoms with Crippen LogP contribution in [-0.4, -0.2) is 40.2 Å². The number of carbonyl (C=O) groups excluding carboxylic acids is 2. The molecule has 0 saturated heterocycles. The molecule has 0 amide bonds. The molecule has 10 heteroatoms. The van der Waals surface area contributed by atoms with E-state index in [1.54, 1.807) is 0 Å². The van der Waals surface area contributed by atoms with Crippen molar-refractivity contribution in [2.45, 2.75) is 65.6 Å². The summed E-state index contributed by atoms with van der Waals surface area (Å²) in [6.45, 7) is 4.17. The summed E-state index contributed by atoms with van der Waals surface area (Å²) in [4.78, 5) is 43.3. The van der Waals surface area contributed by atoms with E-state index in [0.29, 0.717) is 12.6 Å². The monoisotopic (exact) mass is 567 g/mol. The zero-order valence-electron chi connectivity index (χ0n) is 22.4. The minimum absolute atomic E-state index is 0.0221. The lowest BCUT2D eigenvalue weighted by atomic mass is 10.1. The van der Waals surface area contributed by atoms with Gasteiger partial charge in [0.25, 0.3) is 0 Å². The average Bonchev–Trinajstić information content (AvgIpc) is 2.92. The van der Waals surface area contributed by atoms with E-state index in [0.717, 1.165) is 30.4 Å². The molecule has 0 aliphatic heterocycles. The smallest absolute Gasteiger partial charge is 0.461 e. The average molecular weight is 568 g/mol. The van der Waals surface area contributed by atoms with Crippen molar-refractivity contribution in [1.82, 2.24) is 0 Å². The van der Waals surface area contributed by atoms with Crippen molar-refractivity contribution in [3.8, 4) is 0 Å². The highest BCUT2D eigenvalue weighted by molar-refractivity contribution is 7.58. The fourth-order valence-corrected chi connectivity index (χ4v) is 5.97. The summed E-state index contributed by atoms with van der Waals surface area (Å²) in [5, 5.41) is 0. The predicted octanol–water partition coefficient (Wildman–Crippen LogP) is 6.46. The highest BCUT2D eigenvalue weighted by atomic mass is 31.2. The summed E-state index contributed by atoms with van der Waals surface area (Å²) in [6, 6.07) is 18.5. The highest BCUT2D eigenvalue weighted by Crippen LogP contribution is 2.44. The lowest BCUT2D eigenvalue weighted by molar-refractivity contribution is -0.150. The summed E-state index contributed by atoms with van der Waals surface area (Å²) in [6.07, 6.45) is 3.79. The fraction of sp³-hybridized carbons (Fsp3) is 0.500. The molecule has 0 heterocycles. The molecule has 0 bridgehead atoms. The third-order valence-corrected chi connectivity index (χ3v) is 8.29. The standard InChI is InChI=1S/C24H31O6P.C4H9O2P/c1-2-3-16-31(27,28)19-22(24(26)30-18-21-12-8-5-9-13-21)14-15-23(25)29-17-20-10-6-4-7-11-20;1-2-3-4-7(5)6/h4-13,22H,2-3,14-19H2,1H3,(H,27,28);2-4H2,1H3/p+1. The number of ether oxygens (including phenoxy) is 2. The van der Waals surface area contributed by atoms with Crippen molar-refractivity contribution >= 4 is 27.3 Å². The second-order valence-electron chi connectivity index (χ2n) is 9.01. The minimum atomic E-state index is -3.49. The molecule has 3 unspecified atom stereocenters. The first-order valence-electron chi connectivity index (χ1n) is 13.0. The van der Waals surface area contributed by atoms with E-state index >= 15 is 0 Å². The van der Waals surface area contributed by atoms with Crippen LogP contribution in [0, 0.1) is 5.92 Å². The molecular weight excluding hydrogens is 526 g/mol. The number of esters is 2. The Kier molecular flexibility index (Phi) is 17.4. The van der Waals surface area contributed by atoms with Gasteiger partial charge in [-0.1, -0.05) is 87.4 Å². The van der Waals surface area contributed by atoms with Gasteiger partial charge in [0.1, 0.15) is 13.2 Å². The SMILES string of the molecule is CCCCP(=O)(O)CC(CCC(=O)OCc1ccccc1)C(=O)OCc1ccccc1.CCCC[P+](=O)O. The molecule has 0 spiro atoms. The van der Waals surface area contributed by atoms with Gasteiger partial charge in [0.05, 0.1) is 5.92 Å². The van der Waals surface area contributed by atoms with Gasteiger partial charge < -0.3 is 14.4 Å². The Morgan fingerprint density at radius 1 is 0.895 bits per heavy atom. The highest BCUT2D eigenvalue weighted by Gasteiger charge is 2.30. The molecule has 0 aromatic heterocycles. The maximum absolute atomic E-state index is 12.7. The summed E-state index contributed by atoms with van der Waals surface area (Å²) >= 11 is 0. The van der Waals surface area contributed by atoms with Gasteiger partial charge in [0, 0.05) is 18.7 Å².